The molecule has 3 aromatic carbocycles. The minimum atomic E-state index is -1.51. The number of carbonyl (C=O) groups excluding carboxylic acids is 2. The maximum absolute atomic E-state index is 13.4. The third-order valence-electron chi connectivity index (χ3n) is 6.17. The number of benzene rings is 3. The molecule has 0 heterocycles. The summed E-state index contributed by atoms with van der Waals surface area (Å²) in [5, 5.41) is 22.8. The number of fused-ring (bicyclic) bond motifs is 1. The molecule has 34 heavy (non-hydrogen) atoms. The van der Waals surface area contributed by atoms with E-state index >= 15 is 0 Å². The topological polar surface area (TPSA) is 98.7 Å². The molecule has 0 bridgehead atoms. The van der Waals surface area contributed by atoms with E-state index in [0.717, 1.165) is 22.3 Å². The first-order chi connectivity index (χ1) is 16.3. The molecule has 2 atom stereocenters. The second-order valence-electron chi connectivity index (χ2n) is 8.47. The third-order valence-corrected chi connectivity index (χ3v) is 6.45. The lowest BCUT2D eigenvalue weighted by Crippen LogP contribution is -2.47. The van der Waals surface area contributed by atoms with Gasteiger partial charge in [-0.15, -0.1) is 0 Å². The SMILES string of the molecule is O=C(C[C@@H](Cc1ccc(-c2ccc(F)c(Cl)c2)cc1)C(=O)N[C@]1(O)CCc2ccccc21)NO. The number of carbonyl (C=O) groups is 2. The Morgan fingerprint density at radius 1 is 1.06 bits per heavy atom. The van der Waals surface area contributed by atoms with Gasteiger partial charge in [0, 0.05) is 18.4 Å². The lowest BCUT2D eigenvalue weighted by molar-refractivity contribution is -0.139. The third kappa shape index (κ3) is 5.12. The van der Waals surface area contributed by atoms with Crippen molar-refractivity contribution in [2.75, 3.05) is 0 Å². The van der Waals surface area contributed by atoms with Crippen molar-refractivity contribution in [3.8, 4) is 11.1 Å². The summed E-state index contributed by atoms with van der Waals surface area (Å²) in [7, 11) is 0. The minimum Gasteiger partial charge on any atom is -0.367 e. The Balaban J connectivity index is 1.51. The maximum atomic E-state index is 13.4. The molecule has 0 saturated heterocycles. The zero-order chi connectivity index (χ0) is 24.3. The lowest BCUT2D eigenvalue weighted by Gasteiger charge is -2.28. The molecule has 3 aromatic rings. The van der Waals surface area contributed by atoms with E-state index in [9.17, 15) is 19.1 Å². The van der Waals surface area contributed by atoms with Gasteiger partial charge in [-0.05, 0) is 47.2 Å². The molecule has 0 fully saturated rings. The van der Waals surface area contributed by atoms with E-state index in [1.807, 2.05) is 36.4 Å². The fourth-order valence-electron chi connectivity index (χ4n) is 4.35. The number of nitrogens with one attached hydrogen (secondary N) is 2. The fourth-order valence-corrected chi connectivity index (χ4v) is 4.53. The van der Waals surface area contributed by atoms with E-state index in [0.29, 0.717) is 18.4 Å². The van der Waals surface area contributed by atoms with Crippen molar-refractivity contribution >= 4 is 23.4 Å². The Morgan fingerprint density at radius 2 is 1.76 bits per heavy atom. The smallest absolute Gasteiger partial charge is 0.244 e. The quantitative estimate of drug-likeness (QED) is 0.231. The number of hydrogen-bond donors (Lipinski definition) is 4. The number of hydrogen-bond acceptors (Lipinski definition) is 4. The van der Waals surface area contributed by atoms with E-state index in [4.69, 9.17) is 16.8 Å². The van der Waals surface area contributed by atoms with Crippen LogP contribution >= 0.6 is 11.6 Å². The van der Waals surface area contributed by atoms with E-state index in [1.54, 1.807) is 23.7 Å². The molecule has 1 aliphatic rings. The van der Waals surface area contributed by atoms with Gasteiger partial charge in [0.05, 0.1) is 10.9 Å². The van der Waals surface area contributed by atoms with Crippen LogP contribution in [0.5, 0.6) is 0 Å². The van der Waals surface area contributed by atoms with E-state index in [1.165, 1.54) is 12.1 Å². The molecule has 6 nitrogen and oxygen atoms in total. The van der Waals surface area contributed by atoms with E-state index < -0.39 is 29.3 Å². The number of aliphatic hydroxyl groups is 1. The van der Waals surface area contributed by atoms with Crippen molar-refractivity contribution in [2.45, 2.75) is 31.4 Å². The summed E-state index contributed by atoms with van der Waals surface area (Å²) in [6.45, 7) is 0. The second-order valence-corrected chi connectivity index (χ2v) is 8.88. The highest BCUT2D eigenvalue weighted by Gasteiger charge is 2.39. The van der Waals surface area contributed by atoms with Crippen molar-refractivity contribution < 1.29 is 24.3 Å². The first-order valence-corrected chi connectivity index (χ1v) is 11.3. The molecule has 0 unspecified atom stereocenters. The molecular weight excluding hydrogens is 459 g/mol. The van der Waals surface area contributed by atoms with Gasteiger partial charge in [-0.1, -0.05) is 66.2 Å². The van der Waals surface area contributed by atoms with Crippen molar-refractivity contribution in [1.82, 2.24) is 10.8 Å². The summed E-state index contributed by atoms with van der Waals surface area (Å²) in [6, 6.07) is 19.1. The Kier molecular flexibility index (Phi) is 6.97. The molecule has 0 aliphatic heterocycles. The molecule has 176 valence electrons. The maximum Gasteiger partial charge on any atom is 0.244 e. The molecular formula is C26H24ClFN2O4. The van der Waals surface area contributed by atoms with Crippen molar-refractivity contribution in [3.63, 3.8) is 0 Å². The van der Waals surface area contributed by atoms with Gasteiger partial charge < -0.3 is 10.4 Å². The zero-order valence-electron chi connectivity index (χ0n) is 18.2. The Bertz CT molecular complexity index is 1220. The van der Waals surface area contributed by atoms with Gasteiger partial charge in [0.1, 0.15) is 5.82 Å². The number of hydroxylamine groups is 1. The van der Waals surface area contributed by atoms with Gasteiger partial charge in [-0.3, -0.25) is 14.8 Å². The number of rotatable bonds is 7. The van der Waals surface area contributed by atoms with Gasteiger partial charge in [-0.25, -0.2) is 9.87 Å². The van der Waals surface area contributed by atoms with Gasteiger partial charge in [-0.2, -0.15) is 0 Å². The summed E-state index contributed by atoms with van der Waals surface area (Å²) in [5.74, 6) is -2.51. The number of aryl methyl sites for hydroxylation is 1. The standard InChI is InChI=1S/C26H24ClFN2O4/c27-22-14-19(9-10-23(22)28)17-7-5-16(6-8-17)13-20(15-24(31)30-34)25(32)29-26(33)12-11-18-3-1-2-4-21(18)26/h1-10,14,20,33-34H,11-13,15H2,(H,29,32)(H,30,31)/t20-,26+/m1/s1. The summed E-state index contributed by atoms with van der Waals surface area (Å²) >= 11 is 5.88. The number of halogens is 2. The Morgan fingerprint density at radius 3 is 2.47 bits per heavy atom. The van der Waals surface area contributed by atoms with Gasteiger partial charge >= 0.3 is 0 Å². The highest BCUT2D eigenvalue weighted by Crippen LogP contribution is 2.35. The molecule has 0 radical (unpaired) electrons. The van der Waals surface area contributed by atoms with Crippen LogP contribution in [0.15, 0.2) is 66.7 Å². The van der Waals surface area contributed by atoms with Crippen LogP contribution in [0.1, 0.15) is 29.5 Å². The van der Waals surface area contributed by atoms with Gasteiger partial charge in [0.25, 0.3) is 0 Å². The Hall–Kier alpha value is -3.26. The molecule has 1 aliphatic carbocycles. The van der Waals surface area contributed by atoms with Gasteiger partial charge in [0.2, 0.25) is 11.8 Å². The summed E-state index contributed by atoms with van der Waals surface area (Å²) in [5.41, 5.74) is 4.02. The van der Waals surface area contributed by atoms with Crippen LogP contribution in [0, 0.1) is 11.7 Å². The fraction of sp³-hybridized carbons (Fsp3) is 0.231. The molecule has 8 heteroatoms. The van der Waals surface area contributed by atoms with Crippen molar-refractivity contribution in [1.29, 1.82) is 0 Å². The lowest BCUT2D eigenvalue weighted by atomic mass is 9.92. The molecule has 0 aromatic heterocycles. The predicted octanol–water partition coefficient (Wildman–Crippen LogP) is 4.11. The highest BCUT2D eigenvalue weighted by molar-refractivity contribution is 6.31. The van der Waals surface area contributed by atoms with E-state index in [2.05, 4.69) is 5.32 Å². The summed E-state index contributed by atoms with van der Waals surface area (Å²) < 4.78 is 13.4. The van der Waals surface area contributed by atoms with Crippen LogP contribution in [-0.4, -0.2) is 22.1 Å². The first kappa shape index (κ1) is 23.9. The molecule has 0 spiro atoms. The summed E-state index contributed by atoms with van der Waals surface area (Å²) in [6.07, 6.45) is 0.923. The highest BCUT2D eigenvalue weighted by atomic mass is 35.5. The first-order valence-electron chi connectivity index (χ1n) is 10.9. The average molecular weight is 483 g/mol. The minimum absolute atomic E-state index is 0.0275. The molecule has 0 saturated carbocycles. The van der Waals surface area contributed by atoms with Gasteiger partial charge in [0.15, 0.2) is 5.72 Å². The molecule has 4 rings (SSSR count). The monoisotopic (exact) mass is 482 g/mol. The van der Waals surface area contributed by atoms with Crippen LogP contribution in [0.2, 0.25) is 5.02 Å². The Labute approximate surface area is 201 Å². The normalized spacial score (nSPS) is 17.6. The van der Waals surface area contributed by atoms with Crippen molar-refractivity contribution in [2.24, 2.45) is 5.92 Å². The number of amides is 2. The van der Waals surface area contributed by atoms with Crippen LogP contribution in [0.4, 0.5) is 4.39 Å². The zero-order valence-corrected chi connectivity index (χ0v) is 19.0. The van der Waals surface area contributed by atoms with Crippen LogP contribution < -0.4 is 10.8 Å². The summed E-state index contributed by atoms with van der Waals surface area (Å²) in [4.78, 5) is 25.0. The largest absolute Gasteiger partial charge is 0.367 e. The molecule has 4 N–H and O–H groups in total. The average Bonchev–Trinajstić information content (AvgIpc) is 3.17. The van der Waals surface area contributed by atoms with Crippen LogP contribution in [0.25, 0.3) is 11.1 Å². The van der Waals surface area contributed by atoms with Crippen LogP contribution in [-0.2, 0) is 28.2 Å². The molecule has 2 amide bonds. The predicted molar refractivity (Wildman–Crippen MR) is 125 cm³/mol. The van der Waals surface area contributed by atoms with Crippen LogP contribution in [0.3, 0.4) is 0 Å². The van der Waals surface area contributed by atoms with E-state index in [-0.39, 0.29) is 17.9 Å². The second kappa shape index (κ2) is 9.93. The van der Waals surface area contributed by atoms with Crippen molar-refractivity contribution in [3.05, 3.63) is 94.3 Å².